The summed E-state index contributed by atoms with van der Waals surface area (Å²) < 4.78 is 5.22. The summed E-state index contributed by atoms with van der Waals surface area (Å²) in [6.45, 7) is 3.27. The monoisotopic (exact) mass is 414 g/mol. The molecule has 0 aliphatic heterocycles. The minimum absolute atomic E-state index is 0.301. The van der Waals surface area contributed by atoms with Crippen LogP contribution in [-0.4, -0.2) is 23.5 Å². The number of rotatable bonds is 6. The normalized spacial score (nSPS) is 11.7. The van der Waals surface area contributed by atoms with Crippen LogP contribution in [0, 0.1) is 6.92 Å². The number of aryl methyl sites for hydroxylation is 1. The summed E-state index contributed by atoms with van der Waals surface area (Å²) in [4.78, 5) is 29.5. The maximum Gasteiger partial charge on any atom is 0.351 e. The van der Waals surface area contributed by atoms with E-state index in [2.05, 4.69) is 10.3 Å². The SMILES string of the molecule is Cc1nc(-c2ccccc2)c(C(=O)OCC(=O)N[C@@H](C)c2ccccc2Cl)s1. The quantitative estimate of drug-likeness (QED) is 0.588. The highest BCUT2D eigenvalue weighted by Crippen LogP contribution is 2.28. The molecule has 28 heavy (non-hydrogen) atoms. The Labute approximate surface area is 172 Å². The van der Waals surface area contributed by atoms with Gasteiger partial charge >= 0.3 is 5.97 Å². The molecule has 1 aromatic heterocycles. The molecule has 5 nitrogen and oxygen atoms in total. The lowest BCUT2D eigenvalue weighted by Gasteiger charge is -2.15. The number of nitrogens with one attached hydrogen (secondary N) is 1. The number of amides is 1. The van der Waals surface area contributed by atoms with E-state index in [0.717, 1.165) is 16.1 Å². The molecular formula is C21H19ClN2O3S. The molecule has 7 heteroatoms. The van der Waals surface area contributed by atoms with E-state index >= 15 is 0 Å². The third-order valence-corrected chi connectivity index (χ3v) is 5.35. The molecule has 0 radical (unpaired) electrons. The Morgan fingerprint density at radius 1 is 1.14 bits per heavy atom. The molecule has 0 aliphatic rings. The molecule has 1 N–H and O–H groups in total. The lowest BCUT2D eigenvalue weighted by atomic mass is 10.1. The molecule has 1 amide bonds. The summed E-state index contributed by atoms with van der Waals surface area (Å²) in [5.41, 5.74) is 2.20. The Hall–Kier alpha value is -2.70. The molecule has 3 rings (SSSR count). The van der Waals surface area contributed by atoms with Crippen LogP contribution in [0.4, 0.5) is 0 Å². The fourth-order valence-electron chi connectivity index (χ4n) is 2.74. The van der Waals surface area contributed by atoms with Gasteiger partial charge in [0.1, 0.15) is 4.88 Å². The molecule has 0 saturated carbocycles. The summed E-state index contributed by atoms with van der Waals surface area (Å²) in [5.74, 6) is -0.965. The van der Waals surface area contributed by atoms with Crippen molar-refractivity contribution in [2.45, 2.75) is 19.9 Å². The van der Waals surface area contributed by atoms with Crippen LogP contribution in [0.5, 0.6) is 0 Å². The van der Waals surface area contributed by atoms with Crippen LogP contribution in [0.3, 0.4) is 0 Å². The smallest absolute Gasteiger partial charge is 0.351 e. The number of carbonyl (C=O) groups is 2. The van der Waals surface area contributed by atoms with Gasteiger partial charge in [0.15, 0.2) is 6.61 Å². The minimum Gasteiger partial charge on any atom is -0.451 e. The summed E-state index contributed by atoms with van der Waals surface area (Å²) >= 11 is 7.39. The van der Waals surface area contributed by atoms with E-state index in [-0.39, 0.29) is 12.6 Å². The van der Waals surface area contributed by atoms with Crippen molar-refractivity contribution in [1.29, 1.82) is 0 Å². The third-order valence-electron chi connectivity index (χ3n) is 4.05. The highest BCUT2D eigenvalue weighted by Gasteiger charge is 2.21. The summed E-state index contributed by atoms with van der Waals surface area (Å²) in [6, 6.07) is 16.4. The topological polar surface area (TPSA) is 68.3 Å². The molecule has 3 aromatic rings. The first kappa shape index (κ1) is 20.0. The zero-order chi connectivity index (χ0) is 20.1. The standard InChI is InChI=1S/C21H19ClN2O3S/c1-13(16-10-6-7-11-17(16)22)23-18(25)12-27-21(26)20-19(24-14(2)28-20)15-8-4-3-5-9-15/h3-11,13H,12H2,1-2H3,(H,23,25)/t13-/m0/s1. The van der Waals surface area contributed by atoms with Crippen LogP contribution in [0.1, 0.15) is 33.2 Å². The number of hydrogen-bond acceptors (Lipinski definition) is 5. The van der Waals surface area contributed by atoms with E-state index in [1.54, 1.807) is 6.07 Å². The van der Waals surface area contributed by atoms with E-state index in [1.807, 2.05) is 62.4 Å². The van der Waals surface area contributed by atoms with Gasteiger partial charge in [0.05, 0.1) is 16.7 Å². The molecule has 0 fully saturated rings. The molecule has 0 aliphatic carbocycles. The average molecular weight is 415 g/mol. The summed E-state index contributed by atoms with van der Waals surface area (Å²) in [7, 11) is 0. The maximum absolute atomic E-state index is 12.5. The number of halogens is 1. The number of benzene rings is 2. The summed E-state index contributed by atoms with van der Waals surface area (Å²) in [6.07, 6.45) is 0. The zero-order valence-corrected chi connectivity index (χ0v) is 17.0. The molecule has 0 spiro atoms. The molecular weight excluding hydrogens is 396 g/mol. The summed E-state index contributed by atoms with van der Waals surface area (Å²) in [5, 5.41) is 4.10. The van der Waals surface area contributed by atoms with Crippen molar-refractivity contribution in [3.05, 3.63) is 75.1 Å². The number of aromatic nitrogens is 1. The number of esters is 1. The molecule has 0 saturated heterocycles. The number of thiazole rings is 1. The van der Waals surface area contributed by atoms with Crippen LogP contribution >= 0.6 is 22.9 Å². The number of ether oxygens (including phenoxy) is 1. The molecule has 0 bridgehead atoms. The van der Waals surface area contributed by atoms with Crippen LogP contribution in [0.15, 0.2) is 54.6 Å². The van der Waals surface area contributed by atoms with Crippen LogP contribution < -0.4 is 5.32 Å². The van der Waals surface area contributed by atoms with Crippen molar-refractivity contribution < 1.29 is 14.3 Å². The van der Waals surface area contributed by atoms with Gasteiger partial charge in [-0.2, -0.15) is 0 Å². The second-order valence-electron chi connectivity index (χ2n) is 6.16. The van der Waals surface area contributed by atoms with Gasteiger partial charge in [-0.25, -0.2) is 9.78 Å². The van der Waals surface area contributed by atoms with Crippen LogP contribution in [0.25, 0.3) is 11.3 Å². The van der Waals surface area contributed by atoms with Crippen molar-refractivity contribution in [2.24, 2.45) is 0 Å². The van der Waals surface area contributed by atoms with Crippen molar-refractivity contribution in [1.82, 2.24) is 10.3 Å². The highest BCUT2D eigenvalue weighted by molar-refractivity contribution is 7.14. The molecule has 2 aromatic carbocycles. The van der Waals surface area contributed by atoms with E-state index in [4.69, 9.17) is 16.3 Å². The Balaban J connectivity index is 1.63. The Morgan fingerprint density at radius 2 is 1.82 bits per heavy atom. The maximum atomic E-state index is 12.5. The predicted octanol–water partition coefficient (Wildman–Crippen LogP) is 4.81. The van der Waals surface area contributed by atoms with Crippen LogP contribution in [-0.2, 0) is 9.53 Å². The Kier molecular flexibility index (Phi) is 6.44. The van der Waals surface area contributed by atoms with E-state index in [0.29, 0.717) is 15.6 Å². The Morgan fingerprint density at radius 3 is 2.54 bits per heavy atom. The lowest BCUT2D eigenvalue weighted by Crippen LogP contribution is -2.31. The lowest BCUT2D eigenvalue weighted by molar-refractivity contribution is -0.124. The first-order valence-corrected chi connectivity index (χ1v) is 9.89. The van der Waals surface area contributed by atoms with Gasteiger partial charge in [-0.05, 0) is 25.5 Å². The molecule has 1 heterocycles. The minimum atomic E-state index is -0.565. The largest absolute Gasteiger partial charge is 0.451 e. The van der Waals surface area contributed by atoms with Crippen molar-refractivity contribution >= 4 is 34.8 Å². The molecule has 1 atom stereocenters. The van der Waals surface area contributed by atoms with Gasteiger partial charge in [0, 0.05) is 10.6 Å². The van der Waals surface area contributed by atoms with Gasteiger partial charge in [0.2, 0.25) is 0 Å². The number of carbonyl (C=O) groups excluding carboxylic acids is 2. The highest BCUT2D eigenvalue weighted by atomic mass is 35.5. The molecule has 0 unspecified atom stereocenters. The van der Waals surface area contributed by atoms with Crippen molar-refractivity contribution in [2.75, 3.05) is 6.61 Å². The number of hydrogen-bond donors (Lipinski definition) is 1. The fraction of sp³-hybridized carbons (Fsp3) is 0.190. The van der Waals surface area contributed by atoms with E-state index in [9.17, 15) is 9.59 Å². The van der Waals surface area contributed by atoms with Crippen LogP contribution in [0.2, 0.25) is 5.02 Å². The van der Waals surface area contributed by atoms with Gasteiger partial charge < -0.3 is 10.1 Å². The predicted molar refractivity (Wildman–Crippen MR) is 111 cm³/mol. The zero-order valence-electron chi connectivity index (χ0n) is 15.4. The molecule has 144 valence electrons. The first-order valence-electron chi connectivity index (χ1n) is 8.69. The van der Waals surface area contributed by atoms with Gasteiger partial charge in [-0.15, -0.1) is 11.3 Å². The average Bonchev–Trinajstić information content (AvgIpc) is 3.09. The Bertz CT molecular complexity index is 988. The van der Waals surface area contributed by atoms with E-state index < -0.39 is 11.9 Å². The fourth-order valence-corrected chi connectivity index (χ4v) is 3.88. The first-order chi connectivity index (χ1) is 13.5. The third kappa shape index (κ3) is 4.77. The van der Waals surface area contributed by atoms with E-state index in [1.165, 1.54) is 11.3 Å². The van der Waals surface area contributed by atoms with Gasteiger partial charge in [-0.1, -0.05) is 60.1 Å². The number of nitrogens with zero attached hydrogens (tertiary/aromatic N) is 1. The van der Waals surface area contributed by atoms with Gasteiger partial charge in [-0.3, -0.25) is 4.79 Å². The van der Waals surface area contributed by atoms with Crippen molar-refractivity contribution in [3.8, 4) is 11.3 Å². The second kappa shape index (κ2) is 8.99. The van der Waals surface area contributed by atoms with Gasteiger partial charge in [0.25, 0.3) is 5.91 Å². The van der Waals surface area contributed by atoms with Crippen molar-refractivity contribution in [3.63, 3.8) is 0 Å². The second-order valence-corrected chi connectivity index (χ2v) is 7.77.